The molecule has 2 aromatic carbocycles. The quantitative estimate of drug-likeness (QED) is 0.262. The Kier molecular flexibility index (Phi) is 7.77. The van der Waals surface area contributed by atoms with Crippen molar-refractivity contribution in [1.82, 2.24) is 0 Å². The predicted octanol–water partition coefficient (Wildman–Crippen LogP) is 4.04. The van der Waals surface area contributed by atoms with Crippen molar-refractivity contribution >= 4 is 12.2 Å². The SMILES string of the molecule is C#CC(Cc1ccccc1)c1ccc(C=Cc2cc[n+](CCOCN)cc2)cc1. The van der Waals surface area contributed by atoms with Crippen LogP contribution in [0.4, 0.5) is 0 Å². The third kappa shape index (κ3) is 6.43. The average molecular weight is 384 g/mol. The van der Waals surface area contributed by atoms with Gasteiger partial charge < -0.3 is 10.5 Å². The first-order chi connectivity index (χ1) is 14.3. The lowest BCUT2D eigenvalue weighted by Gasteiger charge is -2.11. The normalized spacial score (nSPS) is 12.0. The number of nitrogens with two attached hydrogens (primary N) is 1. The Bertz CT molecular complexity index is 939. The predicted molar refractivity (Wildman–Crippen MR) is 119 cm³/mol. The molecule has 0 aliphatic rings. The molecule has 0 saturated heterocycles. The number of rotatable bonds is 9. The largest absolute Gasteiger partial charge is 0.360 e. The van der Waals surface area contributed by atoms with Gasteiger partial charge in [-0.05, 0) is 28.7 Å². The molecule has 0 aliphatic heterocycles. The molecule has 0 spiro atoms. The van der Waals surface area contributed by atoms with E-state index in [-0.39, 0.29) is 12.6 Å². The number of hydrogen-bond acceptors (Lipinski definition) is 2. The van der Waals surface area contributed by atoms with E-state index in [1.807, 2.05) is 18.5 Å². The Morgan fingerprint density at radius 2 is 1.59 bits per heavy atom. The van der Waals surface area contributed by atoms with Gasteiger partial charge in [0.15, 0.2) is 18.9 Å². The number of nitrogens with zero attached hydrogens (tertiary/aromatic N) is 1. The molecule has 0 radical (unpaired) electrons. The maximum atomic E-state index is 5.80. The van der Waals surface area contributed by atoms with E-state index >= 15 is 0 Å². The standard InChI is InChI=1S/C26H27N2O/c1-2-25(20-24-6-4-3-5-7-24)26-12-10-22(11-13-26)8-9-23-14-16-28(17-15-23)18-19-29-21-27/h1,3-17,25H,18-21,27H2/q+1. The maximum Gasteiger partial charge on any atom is 0.171 e. The zero-order valence-electron chi connectivity index (χ0n) is 16.6. The summed E-state index contributed by atoms with van der Waals surface area (Å²) in [5.74, 6) is 3.02. The molecule has 3 heteroatoms. The number of terminal acetylenes is 1. The number of aromatic nitrogens is 1. The summed E-state index contributed by atoms with van der Waals surface area (Å²) in [7, 11) is 0. The summed E-state index contributed by atoms with van der Waals surface area (Å²) in [5.41, 5.74) is 10.1. The molecule has 0 fully saturated rings. The lowest BCUT2D eigenvalue weighted by molar-refractivity contribution is -0.698. The summed E-state index contributed by atoms with van der Waals surface area (Å²) in [6, 6.07) is 23.0. The van der Waals surface area contributed by atoms with Crippen LogP contribution in [0.2, 0.25) is 0 Å². The molecular weight excluding hydrogens is 356 g/mol. The molecule has 3 nitrogen and oxygen atoms in total. The van der Waals surface area contributed by atoms with Gasteiger partial charge in [-0.25, -0.2) is 4.57 Å². The first-order valence-electron chi connectivity index (χ1n) is 9.83. The minimum absolute atomic E-state index is 0.0863. The van der Waals surface area contributed by atoms with Gasteiger partial charge in [-0.2, -0.15) is 0 Å². The Morgan fingerprint density at radius 1 is 0.931 bits per heavy atom. The van der Waals surface area contributed by atoms with E-state index < -0.39 is 0 Å². The molecule has 0 saturated carbocycles. The van der Waals surface area contributed by atoms with Crippen LogP contribution < -0.4 is 10.3 Å². The summed E-state index contributed by atoms with van der Waals surface area (Å²) in [5, 5.41) is 0. The van der Waals surface area contributed by atoms with Gasteiger partial charge in [0.2, 0.25) is 0 Å². The molecule has 3 aromatic rings. The van der Waals surface area contributed by atoms with Crippen molar-refractivity contribution in [3.05, 3.63) is 101 Å². The highest BCUT2D eigenvalue weighted by Gasteiger charge is 2.09. The van der Waals surface area contributed by atoms with Crippen molar-refractivity contribution in [3.63, 3.8) is 0 Å². The van der Waals surface area contributed by atoms with Crippen LogP contribution in [-0.4, -0.2) is 13.3 Å². The van der Waals surface area contributed by atoms with E-state index in [2.05, 4.69) is 83.3 Å². The number of pyridine rings is 1. The Hall–Kier alpha value is -3.19. The second kappa shape index (κ2) is 11.0. The molecule has 0 amide bonds. The minimum atomic E-state index is 0.0863. The first-order valence-corrected chi connectivity index (χ1v) is 9.83. The van der Waals surface area contributed by atoms with Crippen LogP contribution in [0.5, 0.6) is 0 Å². The van der Waals surface area contributed by atoms with Crippen LogP contribution in [0.1, 0.15) is 28.2 Å². The van der Waals surface area contributed by atoms with Gasteiger partial charge in [-0.3, -0.25) is 0 Å². The van der Waals surface area contributed by atoms with Crippen molar-refractivity contribution in [3.8, 4) is 12.3 Å². The molecular formula is C26H27N2O+. The molecule has 1 atom stereocenters. The zero-order valence-corrected chi connectivity index (χ0v) is 16.6. The van der Waals surface area contributed by atoms with Crippen molar-refractivity contribution in [2.24, 2.45) is 5.73 Å². The Labute approximate surface area is 173 Å². The monoisotopic (exact) mass is 383 g/mol. The van der Waals surface area contributed by atoms with Crippen molar-refractivity contribution in [2.45, 2.75) is 18.9 Å². The number of benzene rings is 2. The first kappa shape index (κ1) is 20.5. The van der Waals surface area contributed by atoms with Crippen molar-refractivity contribution in [1.29, 1.82) is 0 Å². The van der Waals surface area contributed by atoms with E-state index in [1.165, 1.54) is 11.1 Å². The van der Waals surface area contributed by atoms with Crippen LogP contribution in [0.25, 0.3) is 12.2 Å². The van der Waals surface area contributed by atoms with Crippen LogP contribution in [0.3, 0.4) is 0 Å². The lowest BCUT2D eigenvalue weighted by Crippen LogP contribution is -2.35. The van der Waals surface area contributed by atoms with Gasteiger partial charge in [0.05, 0.1) is 6.73 Å². The van der Waals surface area contributed by atoms with Gasteiger partial charge in [-0.1, -0.05) is 72.7 Å². The summed E-state index contributed by atoms with van der Waals surface area (Å²) >= 11 is 0. The molecule has 2 N–H and O–H groups in total. The third-order valence-corrected chi connectivity index (χ3v) is 4.82. The second-order valence-electron chi connectivity index (χ2n) is 6.85. The van der Waals surface area contributed by atoms with Crippen LogP contribution in [0.15, 0.2) is 79.1 Å². The highest BCUT2D eigenvalue weighted by Crippen LogP contribution is 2.21. The molecule has 0 aliphatic carbocycles. The average Bonchev–Trinajstić information content (AvgIpc) is 2.78. The summed E-state index contributed by atoms with van der Waals surface area (Å²) in [4.78, 5) is 0. The van der Waals surface area contributed by atoms with E-state index in [0.717, 1.165) is 24.1 Å². The highest BCUT2D eigenvalue weighted by molar-refractivity contribution is 5.69. The molecule has 146 valence electrons. The van der Waals surface area contributed by atoms with Gasteiger partial charge in [0.25, 0.3) is 0 Å². The molecule has 0 bridgehead atoms. The fraction of sp³-hybridized carbons (Fsp3) is 0.192. The fourth-order valence-electron chi connectivity index (χ4n) is 3.14. The summed E-state index contributed by atoms with van der Waals surface area (Å²) in [6.07, 6.45) is 15.0. The van der Waals surface area contributed by atoms with Crippen LogP contribution in [0, 0.1) is 12.3 Å². The zero-order chi connectivity index (χ0) is 20.3. The number of hydrogen-bond donors (Lipinski definition) is 1. The molecule has 3 rings (SSSR count). The highest BCUT2D eigenvalue weighted by atomic mass is 16.5. The van der Waals surface area contributed by atoms with Gasteiger partial charge in [0, 0.05) is 18.1 Å². The van der Waals surface area contributed by atoms with Gasteiger partial charge >= 0.3 is 0 Å². The third-order valence-electron chi connectivity index (χ3n) is 4.82. The molecule has 1 heterocycles. The minimum Gasteiger partial charge on any atom is -0.360 e. The molecule has 1 unspecified atom stereocenters. The van der Waals surface area contributed by atoms with E-state index in [9.17, 15) is 0 Å². The lowest BCUT2D eigenvalue weighted by atomic mass is 9.92. The smallest absolute Gasteiger partial charge is 0.171 e. The van der Waals surface area contributed by atoms with Gasteiger partial charge in [0.1, 0.15) is 6.61 Å². The topological polar surface area (TPSA) is 39.1 Å². The fourth-order valence-corrected chi connectivity index (χ4v) is 3.14. The maximum absolute atomic E-state index is 5.80. The molecule has 29 heavy (non-hydrogen) atoms. The summed E-state index contributed by atoms with van der Waals surface area (Å²) in [6.45, 7) is 1.67. The Morgan fingerprint density at radius 3 is 2.21 bits per heavy atom. The van der Waals surface area contributed by atoms with Crippen molar-refractivity contribution in [2.75, 3.05) is 13.3 Å². The van der Waals surface area contributed by atoms with Crippen LogP contribution >= 0.6 is 0 Å². The van der Waals surface area contributed by atoms with E-state index in [0.29, 0.717) is 6.61 Å². The van der Waals surface area contributed by atoms with Gasteiger partial charge in [-0.15, -0.1) is 6.42 Å². The summed E-state index contributed by atoms with van der Waals surface area (Å²) < 4.78 is 7.25. The van der Waals surface area contributed by atoms with E-state index in [4.69, 9.17) is 16.9 Å². The van der Waals surface area contributed by atoms with E-state index in [1.54, 1.807) is 0 Å². The second-order valence-corrected chi connectivity index (χ2v) is 6.85. The number of ether oxygens (including phenoxy) is 1. The van der Waals surface area contributed by atoms with Crippen LogP contribution in [-0.2, 0) is 17.7 Å². The molecule has 1 aromatic heterocycles. The van der Waals surface area contributed by atoms with Crippen molar-refractivity contribution < 1.29 is 9.30 Å². The Balaban J connectivity index is 1.60.